The number of nitrogens with zero attached hydrogens (tertiary/aromatic N) is 1. The van der Waals surface area contributed by atoms with Gasteiger partial charge >= 0.3 is 0 Å². The Labute approximate surface area is 82.6 Å². The summed E-state index contributed by atoms with van der Waals surface area (Å²) in [5.74, 6) is 0. The largest absolute Gasteiger partial charge is 0.322 e. The first kappa shape index (κ1) is 11.9. The summed E-state index contributed by atoms with van der Waals surface area (Å²) in [6.07, 6.45) is 0. The first-order chi connectivity index (χ1) is 5.77. The lowest BCUT2D eigenvalue weighted by Crippen LogP contribution is -2.11. The van der Waals surface area contributed by atoms with Gasteiger partial charge in [-0.25, -0.2) is 4.39 Å². The van der Waals surface area contributed by atoms with Gasteiger partial charge in [0.2, 0.25) is 0 Å². The van der Waals surface area contributed by atoms with E-state index in [1.165, 1.54) is 0 Å². The van der Waals surface area contributed by atoms with Crippen LogP contribution in [0.25, 0.3) is 0 Å². The van der Waals surface area contributed by atoms with E-state index in [1.54, 1.807) is 24.3 Å². The maximum atomic E-state index is 12.1. The molecule has 1 rings (SSSR count). The molecule has 0 heterocycles. The fourth-order valence-electron chi connectivity index (χ4n) is 0.894. The lowest BCUT2D eigenvalue weighted by molar-refractivity contribution is 0.437. The minimum absolute atomic E-state index is 0. The predicted molar refractivity (Wildman–Crippen MR) is 51.3 cm³/mol. The van der Waals surface area contributed by atoms with Gasteiger partial charge in [0, 0.05) is 0 Å². The van der Waals surface area contributed by atoms with Crippen molar-refractivity contribution in [2.24, 2.45) is 5.73 Å². The highest BCUT2D eigenvalue weighted by molar-refractivity contribution is 5.85. The minimum Gasteiger partial charge on any atom is -0.322 e. The van der Waals surface area contributed by atoms with Crippen molar-refractivity contribution in [3.05, 3.63) is 35.4 Å². The summed E-state index contributed by atoms with van der Waals surface area (Å²) < 4.78 is 12.1. The molecule has 1 aromatic carbocycles. The van der Waals surface area contributed by atoms with Crippen molar-refractivity contribution in [1.82, 2.24) is 0 Å². The molecule has 0 saturated heterocycles. The molecule has 0 unspecified atom stereocenters. The smallest absolute Gasteiger partial charge is 0.109 e. The Balaban J connectivity index is 0.00000144. The molecule has 0 aromatic heterocycles. The molecule has 0 aliphatic rings. The van der Waals surface area contributed by atoms with Crippen LogP contribution in [0, 0.1) is 11.3 Å². The van der Waals surface area contributed by atoms with Crippen LogP contribution in [0.2, 0.25) is 0 Å². The fraction of sp³-hybridized carbons (Fsp3) is 0.222. The Hall–Kier alpha value is -1.11. The maximum absolute atomic E-state index is 12.1. The molecule has 0 radical (unpaired) electrons. The predicted octanol–water partition coefficient (Wildman–Crippen LogP) is 1.95. The molecule has 0 spiro atoms. The van der Waals surface area contributed by atoms with Crippen molar-refractivity contribution < 1.29 is 4.39 Å². The van der Waals surface area contributed by atoms with Gasteiger partial charge in [-0.2, -0.15) is 5.26 Å². The van der Waals surface area contributed by atoms with E-state index in [0.29, 0.717) is 5.56 Å². The highest BCUT2D eigenvalue weighted by atomic mass is 35.5. The van der Waals surface area contributed by atoms with Gasteiger partial charge in [-0.3, -0.25) is 0 Å². The Bertz CT molecular complexity index is 291. The van der Waals surface area contributed by atoms with Crippen molar-refractivity contribution >= 4 is 12.4 Å². The van der Waals surface area contributed by atoms with E-state index >= 15 is 0 Å². The van der Waals surface area contributed by atoms with E-state index in [0.717, 1.165) is 5.56 Å². The van der Waals surface area contributed by atoms with Crippen LogP contribution in [-0.4, -0.2) is 6.67 Å². The van der Waals surface area contributed by atoms with E-state index in [4.69, 9.17) is 11.0 Å². The van der Waals surface area contributed by atoms with Crippen molar-refractivity contribution in [3.63, 3.8) is 0 Å². The third kappa shape index (κ3) is 3.02. The molecule has 0 aliphatic heterocycles. The average molecular weight is 201 g/mol. The summed E-state index contributed by atoms with van der Waals surface area (Å²) >= 11 is 0. The number of alkyl halides is 1. The average Bonchev–Trinajstić information content (AvgIpc) is 2.17. The Morgan fingerprint density at radius 3 is 2.31 bits per heavy atom. The van der Waals surface area contributed by atoms with E-state index in [1.807, 2.05) is 6.07 Å². The summed E-state index contributed by atoms with van der Waals surface area (Å²) in [6, 6.07) is 8.00. The van der Waals surface area contributed by atoms with Gasteiger partial charge < -0.3 is 5.73 Å². The zero-order chi connectivity index (χ0) is 8.97. The van der Waals surface area contributed by atoms with E-state index in [2.05, 4.69) is 0 Å². The standard InChI is InChI=1S/C9H9FN2.ClH/c10-5-9(12)8-3-1-7(6-11)2-4-8;/h1-4,9H,5,12H2;1H/t9-;/m1./s1. The van der Waals surface area contributed by atoms with Crippen molar-refractivity contribution in [2.75, 3.05) is 6.67 Å². The van der Waals surface area contributed by atoms with Crippen molar-refractivity contribution in [3.8, 4) is 6.07 Å². The number of hydrogen-bond donors (Lipinski definition) is 1. The van der Waals surface area contributed by atoms with Gasteiger partial charge in [-0.1, -0.05) is 12.1 Å². The minimum atomic E-state index is -0.577. The summed E-state index contributed by atoms with van der Waals surface area (Å²) in [5, 5.41) is 8.47. The first-order valence-corrected chi connectivity index (χ1v) is 3.59. The topological polar surface area (TPSA) is 49.8 Å². The molecule has 0 bridgehead atoms. The molecular formula is C9H10ClFN2. The molecular weight excluding hydrogens is 191 g/mol. The van der Waals surface area contributed by atoms with Crippen molar-refractivity contribution in [2.45, 2.75) is 6.04 Å². The molecule has 0 aliphatic carbocycles. The molecule has 1 aromatic rings. The van der Waals surface area contributed by atoms with Gasteiger partial charge in [0.25, 0.3) is 0 Å². The van der Waals surface area contributed by atoms with Gasteiger partial charge in [0.05, 0.1) is 17.7 Å². The van der Waals surface area contributed by atoms with Crippen LogP contribution in [0.15, 0.2) is 24.3 Å². The highest BCUT2D eigenvalue weighted by Gasteiger charge is 2.03. The Kier molecular flexibility index (Phi) is 5.05. The van der Waals surface area contributed by atoms with Crippen LogP contribution in [0.3, 0.4) is 0 Å². The van der Waals surface area contributed by atoms with E-state index in [-0.39, 0.29) is 12.4 Å². The number of nitriles is 1. The van der Waals surface area contributed by atoms with Gasteiger partial charge in [0.15, 0.2) is 0 Å². The number of nitrogens with two attached hydrogens (primary N) is 1. The van der Waals surface area contributed by atoms with Crippen LogP contribution in [0.1, 0.15) is 17.2 Å². The van der Waals surface area contributed by atoms with E-state index in [9.17, 15) is 4.39 Å². The van der Waals surface area contributed by atoms with Gasteiger partial charge in [-0.15, -0.1) is 12.4 Å². The summed E-state index contributed by atoms with van der Waals surface area (Å²) in [5.41, 5.74) is 6.71. The molecule has 4 heteroatoms. The number of benzene rings is 1. The Morgan fingerprint density at radius 1 is 1.38 bits per heavy atom. The summed E-state index contributed by atoms with van der Waals surface area (Å²) in [4.78, 5) is 0. The van der Waals surface area contributed by atoms with Crippen LogP contribution < -0.4 is 5.73 Å². The monoisotopic (exact) mass is 200 g/mol. The molecule has 2 nitrogen and oxygen atoms in total. The zero-order valence-electron chi connectivity index (χ0n) is 6.90. The summed E-state index contributed by atoms with van der Waals surface area (Å²) in [7, 11) is 0. The van der Waals surface area contributed by atoms with Crippen LogP contribution in [0.5, 0.6) is 0 Å². The summed E-state index contributed by atoms with van der Waals surface area (Å²) in [6.45, 7) is -0.577. The molecule has 1 atom stereocenters. The number of rotatable bonds is 2. The molecule has 70 valence electrons. The van der Waals surface area contributed by atoms with Gasteiger partial charge in [-0.05, 0) is 17.7 Å². The van der Waals surface area contributed by atoms with Crippen LogP contribution >= 0.6 is 12.4 Å². The second kappa shape index (κ2) is 5.52. The highest BCUT2D eigenvalue weighted by Crippen LogP contribution is 2.11. The first-order valence-electron chi connectivity index (χ1n) is 3.59. The lowest BCUT2D eigenvalue weighted by atomic mass is 10.1. The normalized spacial score (nSPS) is 11.2. The zero-order valence-corrected chi connectivity index (χ0v) is 7.72. The third-order valence-electron chi connectivity index (χ3n) is 1.63. The van der Waals surface area contributed by atoms with Crippen molar-refractivity contribution in [1.29, 1.82) is 5.26 Å². The van der Waals surface area contributed by atoms with E-state index < -0.39 is 12.7 Å². The fourth-order valence-corrected chi connectivity index (χ4v) is 0.894. The molecule has 0 saturated carbocycles. The van der Waals surface area contributed by atoms with Gasteiger partial charge in [0.1, 0.15) is 6.67 Å². The Morgan fingerprint density at radius 2 is 1.92 bits per heavy atom. The number of hydrogen-bond acceptors (Lipinski definition) is 2. The maximum Gasteiger partial charge on any atom is 0.109 e. The second-order valence-corrected chi connectivity index (χ2v) is 2.49. The number of halogens is 2. The van der Waals surface area contributed by atoms with Crippen LogP contribution in [-0.2, 0) is 0 Å². The third-order valence-corrected chi connectivity index (χ3v) is 1.63. The molecule has 0 amide bonds. The molecule has 0 fully saturated rings. The quantitative estimate of drug-likeness (QED) is 0.794. The SMILES string of the molecule is Cl.N#Cc1ccc([C@H](N)CF)cc1. The van der Waals surface area contributed by atoms with Crippen LogP contribution in [0.4, 0.5) is 4.39 Å². The molecule has 2 N–H and O–H groups in total. The lowest BCUT2D eigenvalue weighted by Gasteiger charge is -2.05. The second-order valence-electron chi connectivity index (χ2n) is 2.49. The molecule has 13 heavy (non-hydrogen) atoms.